The minimum Gasteiger partial charge on any atom is -0.497 e. The molecule has 2 N–H and O–H groups in total. The molecule has 3 aromatic rings. The van der Waals surface area contributed by atoms with E-state index in [1.54, 1.807) is 13.2 Å². The summed E-state index contributed by atoms with van der Waals surface area (Å²) in [4.78, 5) is 12.3. The minimum atomic E-state index is -0.221. The molecule has 116 valence electrons. The molecule has 5 nitrogen and oxygen atoms in total. The quantitative estimate of drug-likeness (QED) is 0.773. The van der Waals surface area contributed by atoms with Crippen molar-refractivity contribution in [2.75, 3.05) is 12.4 Å². The van der Waals surface area contributed by atoms with Gasteiger partial charge >= 0.3 is 0 Å². The van der Waals surface area contributed by atoms with Crippen molar-refractivity contribution in [3.05, 3.63) is 65.9 Å². The van der Waals surface area contributed by atoms with Crippen molar-refractivity contribution < 1.29 is 9.53 Å². The fourth-order valence-electron chi connectivity index (χ4n) is 2.27. The number of hydrogen-bond acceptors (Lipinski definition) is 3. The molecular formula is C18H17N3O2. The lowest BCUT2D eigenvalue weighted by Crippen LogP contribution is -2.13. The third-order valence-electron chi connectivity index (χ3n) is 3.58. The first-order valence-corrected chi connectivity index (χ1v) is 7.24. The number of para-hydroxylation sites is 1. The van der Waals surface area contributed by atoms with Gasteiger partial charge in [0.25, 0.3) is 5.91 Å². The molecule has 0 aliphatic rings. The lowest BCUT2D eigenvalue weighted by atomic mass is 10.1. The molecule has 0 saturated heterocycles. The molecule has 1 heterocycles. The first kappa shape index (κ1) is 14.8. The molecule has 0 atom stereocenters. The van der Waals surface area contributed by atoms with Crippen LogP contribution in [0.2, 0.25) is 0 Å². The number of nitrogens with zero attached hydrogens (tertiary/aromatic N) is 1. The van der Waals surface area contributed by atoms with E-state index < -0.39 is 0 Å². The van der Waals surface area contributed by atoms with Crippen LogP contribution in [0, 0.1) is 6.92 Å². The van der Waals surface area contributed by atoms with Gasteiger partial charge in [-0.2, -0.15) is 5.10 Å². The lowest BCUT2D eigenvalue weighted by Gasteiger charge is -2.06. The standard InChI is InChI=1S/C18H17N3O2/c1-12-6-3-4-9-15(12)19-18(22)17-11-16(20-21-17)13-7-5-8-14(10-13)23-2/h3-11H,1-2H3,(H,19,22)(H,20,21). The molecular weight excluding hydrogens is 290 g/mol. The van der Waals surface area contributed by atoms with Gasteiger partial charge in [0.15, 0.2) is 0 Å². The number of benzene rings is 2. The van der Waals surface area contributed by atoms with Crippen molar-refractivity contribution >= 4 is 11.6 Å². The van der Waals surface area contributed by atoms with E-state index in [2.05, 4.69) is 15.5 Å². The Morgan fingerprint density at radius 2 is 1.96 bits per heavy atom. The van der Waals surface area contributed by atoms with Crippen molar-refractivity contribution in [2.24, 2.45) is 0 Å². The van der Waals surface area contributed by atoms with Crippen molar-refractivity contribution in [2.45, 2.75) is 6.92 Å². The number of anilines is 1. The number of aryl methyl sites for hydroxylation is 1. The van der Waals surface area contributed by atoms with Gasteiger partial charge in [-0.15, -0.1) is 0 Å². The maximum absolute atomic E-state index is 12.3. The molecule has 1 aromatic heterocycles. The second kappa shape index (κ2) is 6.36. The normalized spacial score (nSPS) is 10.3. The molecule has 23 heavy (non-hydrogen) atoms. The summed E-state index contributed by atoms with van der Waals surface area (Å²) in [6.07, 6.45) is 0. The molecule has 0 spiro atoms. The van der Waals surface area contributed by atoms with Crippen molar-refractivity contribution in [1.29, 1.82) is 0 Å². The maximum Gasteiger partial charge on any atom is 0.273 e. The van der Waals surface area contributed by atoms with E-state index in [1.807, 2.05) is 55.5 Å². The minimum absolute atomic E-state index is 0.221. The SMILES string of the molecule is COc1cccc(-c2cc(C(=O)Nc3ccccc3C)[nH]n2)c1. The van der Waals surface area contributed by atoms with Gasteiger partial charge in [0.05, 0.1) is 12.8 Å². The fourth-order valence-corrected chi connectivity index (χ4v) is 2.27. The van der Waals surface area contributed by atoms with Crippen LogP contribution < -0.4 is 10.1 Å². The average Bonchev–Trinajstić information content (AvgIpc) is 3.07. The fraction of sp³-hybridized carbons (Fsp3) is 0.111. The zero-order valence-corrected chi connectivity index (χ0v) is 13.0. The number of carbonyl (C=O) groups excluding carboxylic acids is 1. The Bertz CT molecular complexity index is 840. The number of rotatable bonds is 4. The summed E-state index contributed by atoms with van der Waals surface area (Å²) in [6.45, 7) is 1.95. The third kappa shape index (κ3) is 3.23. The van der Waals surface area contributed by atoms with Gasteiger partial charge in [-0.25, -0.2) is 0 Å². The highest BCUT2D eigenvalue weighted by Crippen LogP contribution is 2.23. The zero-order valence-electron chi connectivity index (χ0n) is 13.0. The summed E-state index contributed by atoms with van der Waals surface area (Å²) >= 11 is 0. The molecule has 0 bridgehead atoms. The van der Waals surface area contributed by atoms with Gasteiger partial charge in [0.1, 0.15) is 11.4 Å². The summed E-state index contributed by atoms with van der Waals surface area (Å²) in [5.41, 5.74) is 3.78. The van der Waals surface area contributed by atoms with Crippen molar-refractivity contribution in [1.82, 2.24) is 10.2 Å². The van der Waals surface area contributed by atoms with Crippen LogP contribution in [-0.2, 0) is 0 Å². The molecule has 3 rings (SSSR count). The molecule has 0 unspecified atom stereocenters. The number of carbonyl (C=O) groups is 1. The smallest absolute Gasteiger partial charge is 0.273 e. The third-order valence-corrected chi connectivity index (χ3v) is 3.58. The van der Waals surface area contributed by atoms with Crippen molar-refractivity contribution in [3.8, 4) is 17.0 Å². The number of aromatic amines is 1. The van der Waals surface area contributed by atoms with Crippen LogP contribution in [0.5, 0.6) is 5.75 Å². The number of ether oxygens (including phenoxy) is 1. The topological polar surface area (TPSA) is 67.0 Å². The first-order chi connectivity index (χ1) is 11.2. The Labute approximate surface area is 134 Å². The second-order valence-electron chi connectivity index (χ2n) is 5.17. The molecule has 0 fully saturated rings. The Kier molecular flexibility index (Phi) is 4.10. The van der Waals surface area contributed by atoms with Crippen LogP contribution in [-0.4, -0.2) is 23.2 Å². The summed E-state index contributed by atoms with van der Waals surface area (Å²) in [7, 11) is 1.62. The number of methoxy groups -OCH3 is 1. The van der Waals surface area contributed by atoms with E-state index in [9.17, 15) is 4.79 Å². The van der Waals surface area contributed by atoms with E-state index >= 15 is 0 Å². The second-order valence-corrected chi connectivity index (χ2v) is 5.17. The van der Waals surface area contributed by atoms with Crippen LogP contribution >= 0.6 is 0 Å². The molecule has 1 amide bonds. The van der Waals surface area contributed by atoms with Crippen LogP contribution in [0.3, 0.4) is 0 Å². The van der Waals surface area contributed by atoms with E-state index in [1.165, 1.54) is 0 Å². The van der Waals surface area contributed by atoms with Crippen LogP contribution in [0.4, 0.5) is 5.69 Å². The highest BCUT2D eigenvalue weighted by Gasteiger charge is 2.12. The number of amides is 1. The number of hydrogen-bond donors (Lipinski definition) is 2. The Hall–Kier alpha value is -3.08. The summed E-state index contributed by atoms with van der Waals surface area (Å²) in [6, 6.07) is 16.9. The van der Waals surface area contributed by atoms with Gasteiger partial charge in [0.2, 0.25) is 0 Å². The Morgan fingerprint density at radius 1 is 1.13 bits per heavy atom. The lowest BCUT2D eigenvalue weighted by molar-refractivity contribution is 0.102. The highest BCUT2D eigenvalue weighted by atomic mass is 16.5. The molecule has 0 saturated carbocycles. The first-order valence-electron chi connectivity index (χ1n) is 7.24. The van der Waals surface area contributed by atoms with E-state index in [0.29, 0.717) is 11.4 Å². The predicted molar refractivity (Wildman–Crippen MR) is 89.7 cm³/mol. The monoisotopic (exact) mass is 307 g/mol. The molecule has 0 radical (unpaired) electrons. The molecule has 5 heteroatoms. The van der Waals surface area contributed by atoms with Gasteiger partial charge < -0.3 is 10.1 Å². The van der Waals surface area contributed by atoms with E-state index in [0.717, 1.165) is 22.6 Å². The number of nitrogens with one attached hydrogen (secondary N) is 2. The molecule has 0 aliphatic carbocycles. The van der Waals surface area contributed by atoms with Crippen LogP contribution in [0.25, 0.3) is 11.3 Å². The zero-order chi connectivity index (χ0) is 16.2. The molecule has 0 aliphatic heterocycles. The Balaban J connectivity index is 1.81. The predicted octanol–water partition coefficient (Wildman–Crippen LogP) is 3.65. The van der Waals surface area contributed by atoms with Crippen molar-refractivity contribution in [3.63, 3.8) is 0 Å². The number of aromatic nitrogens is 2. The average molecular weight is 307 g/mol. The highest BCUT2D eigenvalue weighted by molar-refractivity contribution is 6.03. The summed E-state index contributed by atoms with van der Waals surface area (Å²) in [5.74, 6) is 0.525. The summed E-state index contributed by atoms with van der Waals surface area (Å²) < 4.78 is 5.21. The van der Waals surface area contributed by atoms with Gasteiger partial charge in [0, 0.05) is 11.3 Å². The largest absolute Gasteiger partial charge is 0.497 e. The van der Waals surface area contributed by atoms with Gasteiger partial charge in [-0.1, -0.05) is 30.3 Å². The van der Waals surface area contributed by atoms with Crippen LogP contribution in [0.15, 0.2) is 54.6 Å². The van der Waals surface area contributed by atoms with Gasteiger partial charge in [-0.05, 0) is 36.8 Å². The van der Waals surface area contributed by atoms with Crippen LogP contribution in [0.1, 0.15) is 16.1 Å². The Morgan fingerprint density at radius 3 is 2.74 bits per heavy atom. The summed E-state index contributed by atoms with van der Waals surface area (Å²) in [5, 5.41) is 9.86. The number of H-pyrrole nitrogens is 1. The van der Waals surface area contributed by atoms with Gasteiger partial charge in [-0.3, -0.25) is 9.89 Å². The van der Waals surface area contributed by atoms with E-state index in [-0.39, 0.29) is 5.91 Å². The maximum atomic E-state index is 12.3. The molecule has 2 aromatic carbocycles. The van der Waals surface area contributed by atoms with E-state index in [4.69, 9.17) is 4.74 Å².